The van der Waals surface area contributed by atoms with Crippen molar-refractivity contribution in [2.24, 2.45) is 0 Å². The van der Waals surface area contributed by atoms with Crippen LogP contribution >= 0.6 is 11.6 Å². The van der Waals surface area contributed by atoms with Gasteiger partial charge in [-0.25, -0.2) is 9.69 Å². The molecule has 1 aromatic rings. The molecule has 1 saturated carbocycles. The predicted molar refractivity (Wildman–Crippen MR) is 76.4 cm³/mol. The Hall–Kier alpha value is -2.08. The number of imide groups is 1. The second-order valence-corrected chi connectivity index (χ2v) is 5.76. The molecule has 0 radical (unpaired) electrons. The summed E-state index contributed by atoms with van der Waals surface area (Å²) in [5, 5.41) is 0.593. The first-order valence-electron chi connectivity index (χ1n) is 6.93. The fraction of sp³-hybridized carbons (Fsp3) is 0.400. The highest BCUT2D eigenvalue weighted by atomic mass is 35.5. The number of rotatable bonds is 4. The number of carbonyl (C=O) groups excluding carboxylic acids is 3. The third-order valence-corrected chi connectivity index (χ3v) is 4.18. The van der Waals surface area contributed by atoms with Crippen LogP contribution in [0, 0.1) is 0 Å². The van der Waals surface area contributed by atoms with Crippen molar-refractivity contribution in [3.63, 3.8) is 0 Å². The lowest BCUT2D eigenvalue weighted by Gasteiger charge is -2.16. The Labute approximate surface area is 131 Å². The molecule has 3 rings (SSSR count). The molecule has 7 heteroatoms. The summed E-state index contributed by atoms with van der Waals surface area (Å²) in [6.07, 6.45) is 0.653. The molecule has 0 atom stereocenters. The second-order valence-electron chi connectivity index (χ2n) is 5.32. The van der Waals surface area contributed by atoms with Gasteiger partial charge in [0, 0.05) is 5.02 Å². The summed E-state index contributed by atoms with van der Waals surface area (Å²) in [6.45, 7) is -0.0892. The molecule has 0 N–H and O–H groups in total. The minimum Gasteiger partial charge on any atom is -0.455 e. The van der Waals surface area contributed by atoms with Crippen LogP contribution in [-0.2, 0) is 24.5 Å². The van der Waals surface area contributed by atoms with E-state index in [0.29, 0.717) is 17.9 Å². The van der Waals surface area contributed by atoms with Crippen LogP contribution in [0.1, 0.15) is 18.4 Å². The molecule has 1 aromatic carbocycles. The van der Waals surface area contributed by atoms with Gasteiger partial charge in [-0.2, -0.15) is 0 Å². The van der Waals surface area contributed by atoms with Crippen molar-refractivity contribution in [1.82, 2.24) is 4.90 Å². The number of hydrogen-bond acceptors (Lipinski definition) is 5. The number of cyclic esters (lactones) is 1. The fourth-order valence-electron chi connectivity index (χ4n) is 2.47. The van der Waals surface area contributed by atoms with Crippen LogP contribution in [0.5, 0.6) is 0 Å². The number of benzene rings is 1. The predicted octanol–water partition coefficient (Wildman–Crippen LogP) is 1.89. The summed E-state index contributed by atoms with van der Waals surface area (Å²) in [7, 11) is 0. The largest absolute Gasteiger partial charge is 0.455 e. The van der Waals surface area contributed by atoms with E-state index >= 15 is 0 Å². The van der Waals surface area contributed by atoms with E-state index in [0.717, 1.165) is 10.5 Å². The molecule has 2 aliphatic rings. The van der Waals surface area contributed by atoms with E-state index in [1.54, 1.807) is 24.3 Å². The smallest absolute Gasteiger partial charge is 0.416 e. The van der Waals surface area contributed by atoms with Gasteiger partial charge in [0.25, 0.3) is 5.91 Å². The summed E-state index contributed by atoms with van der Waals surface area (Å²) >= 11 is 5.84. The van der Waals surface area contributed by atoms with Crippen molar-refractivity contribution in [3.8, 4) is 0 Å². The second kappa shape index (κ2) is 5.61. The van der Waals surface area contributed by atoms with E-state index in [1.165, 1.54) is 0 Å². The molecule has 0 unspecified atom stereocenters. The number of hydrogen-bond donors (Lipinski definition) is 0. The van der Waals surface area contributed by atoms with Crippen molar-refractivity contribution < 1.29 is 23.9 Å². The van der Waals surface area contributed by atoms with E-state index in [-0.39, 0.29) is 13.2 Å². The molecular formula is C15H14ClNO5. The lowest BCUT2D eigenvalue weighted by molar-refractivity contribution is -0.153. The zero-order chi connectivity index (χ0) is 15.7. The third-order valence-electron chi connectivity index (χ3n) is 3.93. The van der Waals surface area contributed by atoms with E-state index in [4.69, 9.17) is 16.3 Å². The van der Waals surface area contributed by atoms with Crippen molar-refractivity contribution >= 4 is 29.6 Å². The number of ether oxygens (including phenoxy) is 2. The topological polar surface area (TPSA) is 72.9 Å². The van der Waals surface area contributed by atoms with Gasteiger partial charge < -0.3 is 9.47 Å². The van der Waals surface area contributed by atoms with E-state index in [9.17, 15) is 14.4 Å². The molecule has 22 heavy (non-hydrogen) atoms. The molecule has 6 nitrogen and oxygen atoms in total. The SMILES string of the molecule is O=C(COC(=O)C1(c2ccc(Cl)cc2)CC1)N1CCOC1=O. The Morgan fingerprint density at radius 3 is 2.50 bits per heavy atom. The monoisotopic (exact) mass is 323 g/mol. The summed E-state index contributed by atoms with van der Waals surface area (Å²) in [5.74, 6) is -1.02. The standard InChI is InChI=1S/C15H14ClNO5/c16-11-3-1-10(2-4-11)15(5-6-15)13(19)22-9-12(18)17-7-8-21-14(17)20/h1-4H,5-9H2. The minimum absolute atomic E-state index is 0.174. The maximum Gasteiger partial charge on any atom is 0.416 e. The van der Waals surface area contributed by atoms with Crippen molar-refractivity contribution in [2.75, 3.05) is 19.8 Å². The molecule has 1 heterocycles. The highest BCUT2D eigenvalue weighted by molar-refractivity contribution is 6.30. The average Bonchev–Trinajstić information content (AvgIpc) is 3.21. The summed E-state index contributed by atoms with van der Waals surface area (Å²) < 4.78 is 9.77. The van der Waals surface area contributed by atoms with Crippen LogP contribution in [0.4, 0.5) is 4.79 Å². The Balaban J connectivity index is 1.61. The number of esters is 1. The number of carbonyl (C=O) groups is 3. The van der Waals surface area contributed by atoms with E-state index in [1.807, 2.05) is 0 Å². The average molecular weight is 324 g/mol. The molecule has 0 spiro atoms. The third kappa shape index (κ3) is 2.66. The van der Waals surface area contributed by atoms with Gasteiger partial charge >= 0.3 is 12.1 Å². The number of halogens is 1. The van der Waals surface area contributed by atoms with Crippen LogP contribution < -0.4 is 0 Å². The first kappa shape index (κ1) is 14.8. The van der Waals surface area contributed by atoms with Crippen LogP contribution in [-0.4, -0.2) is 42.6 Å². The molecule has 116 valence electrons. The van der Waals surface area contributed by atoms with Crippen molar-refractivity contribution in [2.45, 2.75) is 18.3 Å². The summed E-state index contributed by atoms with van der Waals surface area (Å²) in [6, 6.07) is 7.01. The summed E-state index contributed by atoms with van der Waals surface area (Å²) in [5.41, 5.74) is 0.145. The van der Waals surface area contributed by atoms with Crippen LogP contribution in [0.25, 0.3) is 0 Å². The van der Waals surface area contributed by atoms with Crippen LogP contribution in [0.15, 0.2) is 24.3 Å². The molecular weight excluding hydrogens is 310 g/mol. The zero-order valence-electron chi connectivity index (χ0n) is 11.7. The maximum atomic E-state index is 12.3. The summed E-state index contributed by atoms with van der Waals surface area (Å²) in [4.78, 5) is 36.3. The van der Waals surface area contributed by atoms with Gasteiger partial charge in [0.15, 0.2) is 6.61 Å². The minimum atomic E-state index is -0.695. The Bertz CT molecular complexity index is 623. The van der Waals surface area contributed by atoms with E-state index < -0.39 is 30.0 Å². The van der Waals surface area contributed by atoms with Gasteiger partial charge in [-0.3, -0.25) is 9.59 Å². The van der Waals surface area contributed by atoms with Crippen LogP contribution in [0.2, 0.25) is 5.02 Å². The van der Waals surface area contributed by atoms with Crippen LogP contribution in [0.3, 0.4) is 0 Å². The first-order valence-corrected chi connectivity index (χ1v) is 7.31. The van der Waals surface area contributed by atoms with Gasteiger partial charge in [-0.05, 0) is 30.5 Å². The molecule has 1 saturated heterocycles. The molecule has 0 bridgehead atoms. The van der Waals surface area contributed by atoms with Gasteiger partial charge in [-0.1, -0.05) is 23.7 Å². The Kier molecular flexibility index (Phi) is 3.78. The maximum absolute atomic E-state index is 12.3. The van der Waals surface area contributed by atoms with Gasteiger partial charge in [-0.15, -0.1) is 0 Å². The molecule has 1 aliphatic heterocycles. The number of nitrogens with zero attached hydrogens (tertiary/aromatic N) is 1. The molecule has 2 amide bonds. The fourth-order valence-corrected chi connectivity index (χ4v) is 2.59. The quantitative estimate of drug-likeness (QED) is 0.791. The normalized spacial score (nSPS) is 18.8. The number of amides is 2. The Morgan fingerprint density at radius 1 is 1.27 bits per heavy atom. The van der Waals surface area contributed by atoms with Gasteiger partial charge in [0.05, 0.1) is 12.0 Å². The molecule has 1 aliphatic carbocycles. The molecule has 2 fully saturated rings. The molecule has 0 aromatic heterocycles. The van der Waals surface area contributed by atoms with Gasteiger partial charge in [0.2, 0.25) is 0 Å². The Morgan fingerprint density at radius 2 is 1.95 bits per heavy atom. The highest BCUT2D eigenvalue weighted by Gasteiger charge is 2.53. The van der Waals surface area contributed by atoms with Gasteiger partial charge in [0.1, 0.15) is 6.61 Å². The van der Waals surface area contributed by atoms with Crippen molar-refractivity contribution in [1.29, 1.82) is 0 Å². The highest BCUT2D eigenvalue weighted by Crippen LogP contribution is 2.49. The lowest BCUT2D eigenvalue weighted by Crippen LogP contribution is -2.36. The lowest BCUT2D eigenvalue weighted by atomic mass is 9.96. The van der Waals surface area contributed by atoms with Crippen molar-refractivity contribution in [3.05, 3.63) is 34.9 Å². The van der Waals surface area contributed by atoms with E-state index in [2.05, 4.69) is 4.74 Å². The zero-order valence-corrected chi connectivity index (χ0v) is 12.5. The first-order chi connectivity index (χ1) is 10.5.